The van der Waals surface area contributed by atoms with Crippen molar-refractivity contribution >= 4 is 29.1 Å². The van der Waals surface area contributed by atoms with Crippen molar-refractivity contribution in [1.29, 1.82) is 0 Å². The Morgan fingerprint density at radius 3 is 2.52 bits per heavy atom. The first-order valence-corrected chi connectivity index (χ1v) is 8.06. The molecule has 2 nitrogen and oxygen atoms in total. The van der Waals surface area contributed by atoms with Crippen molar-refractivity contribution in [2.24, 2.45) is 0 Å². The molecule has 0 saturated carbocycles. The van der Waals surface area contributed by atoms with Gasteiger partial charge in [0.1, 0.15) is 0 Å². The minimum Gasteiger partial charge on any atom is -0.358 e. The minimum atomic E-state index is 0.695. The Bertz CT molecular complexity index is 788. The van der Waals surface area contributed by atoms with Crippen molar-refractivity contribution in [3.63, 3.8) is 0 Å². The summed E-state index contributed by atoms with van der Waals surface area (Å²) in [5.41, 5.74) is 6.77. The Morgan fingerprint density at radius 1 is 1.09 bits per heavy atom. The Balaban J connectivity index is 1.94. The predicted octanol–water partition coefficient (Wildman–Crippen LogP) is 4.60. The van der Waals surface area contributed by atoms with Crippen LogP contribution in [0.3, 0.4) is 0 Å². The van der Waals surface area contributed by atoms with Crippen molar-refractivity contribution in [2.75, 3.05) is 11.4 Å². The number of benzene rings is 2. The summed E-state index contributed by atoms with van der Waals surface area (Å²) in [6.07, 6.45) is 2.17. The average Bonchev–Trinajstić information content (AvgIpc) is 2.52. The second-order valence-electron chi connectivity index (χ2n) is 5.86. The number of aryl methyl sites for hydroxylation is 2. The van der Waals surface area contributed by atoms with Crippen molar-refractivity contribution in [1.82, 2.24) is 5.32 Å². The molecule has 3 heteroatoms. The van der Waals surface area contributed by atoms with Gasteiger partial charge in [0.25, 0.3) is 0 Å². The third-order valence-corrected chi connectivity index (χ3v) is 4.28. The topological polar surface area (TPSA) is 15.3 Å². The minimum absolute atomic E-state index is 0.695. The van der Waals surface area contributed by atoms with E-state index in [0.717, 1.165) is 17.0 Å². The molecule has 23 heavy (non-hydrogen) atoms. The maximum Gasteiger partial charge on any atom is 0.178 e. The molecular formula is C20H20N2S. The lowest BCUT2D eigenvalue weighted by atomic mass is 10.0. The van der Waals surface area contributed by atoms with Gasteiger partial charge >= 0.3 is 0 Å². The van der Waals surface area contributed by atoms with Gasteiger partial charge in [0.2, 0.25) is 0 Å². The number of thiocarbonyl (C=S) groups is 1. The van der Waals surface area contributed by atoms with Gasteiger partial charge in [0.15, 0.2) is 5.11 Å². The number of hydrogen-bond donors (Lipinski definition) is 1. The lowest BCUT2D eigenvalue weighted by Crippen LogP contribution is -2.45. The Labute approximate surface area is 143 Å². The van der Waals surface area contributed by atoms with Crippen LogP contribution in [0.4, 0.5) is 5.69 Å². The smallest absolute Gasteiger partial charge is 0.178 e. The van der Waals surface area contributed by atoms with Crippen LogP contribution in [0.2, 0.25) is 0 Å². The van der Waals surface area contributed by atoms with Crippen LogP contribution in [-0.2, 0) is 0 Å². The predicted molar refractivity (Wildman–Crippen MR) is 103 cm³/mol. The fraction of sp³-hybridized carbons (Fsp3) is 0.150. The summed E-state index contributed by atoms with van der Waals surface area (Å²) in [6.45, 7) is 9.16. The first-order valence-electron chi connectivity index (χ1n) is 7.66. The van der Waals surface area contributed by atoms with Gasteiger partial charge in [-0.05, 0) is 55.4 Å². The molecule has 0 spiro atoms. The highest BCUT2D eigenvalue weighted by atomic mass is 32.1. The lowest BCUT2D eigenvalue weighted by Gasteiger charge is -2.34. The summed E-state index contributed by atoms with van der Waals surface area (Å²) in [6, 6.07) is 16.8. The largest absolute Gasteiger partial charge is 0.358 e. The number of rotatable bonds is 2. The van der Waals surface area contributed by atoms with Crippen LogP contribution in [0.25, 0.3) is 6.08 Å². The molecule has 1 aliphatic rings. The Kier molecular flexibility index (Phi) is 4.30. The fourth-order valence-electron chi connectivity index (χ4n) is 2.68. The highest BCUT2D eigenvalue weighted by Gasteiger charge is 2.23. The zero-order valence-corrected chi connectivity index (χ0v) is 14.3. The molecule has 2 aromatic carbocycles. The normalized spacial score (nSPS) is 16.6. The summed E-state index contributed by atoms with van der Waals surface area (Å²) in [5, 5.41) is 3.98. The van der Waals surface area contributed by atoms with Crippen molar-refractivity contribution in [2.45, 2.75) is 13.8 Å². The van der Waals surface area contributed by atoms with Gasteiger partial charge in [0.05, 0.1) is 0 Å². The van der Waals surface area contributed by atoms with Gasteiger partial charge in [-0.3, -0.25) is 4.90 Å². The van der Waals surface area contributed by atoms with Crippen molar-refractivity contribution < 1.29 is 0 Å². The van der Waals surface area contributed by atoms with E-state index in [1.165, 1.54) is 16.7 Å². The van der Waals surface area contributed by atoms with Crippen LogP contribution >= 0.6 is 12.2 Å². The Hall–Kier alpha value is -2.39. The molecule has 1 saturated heterocycles. The zero-order valence-electron chi connectivity index (χ0n) is 13.5. The number of hydrogen-bond acceptors (Lipinski definition) is 1. The van der Waals surface area contributed by atoms with E-state index in [1.54, 1.807) is 0 Å². The van der Waals surface area contributed by atoms with E-state index in [4.69, 9.17) is 12.2 Å². The van der Waals surface area contributed by atoms with E-state index in [2.05, 4.69) is 80.4 Å². The van der Waals surface area contributed by atoms with Crippen LogP contribution < -0.4 is 10.2 Å². The quantitative estimate of drug-likeness (QED) is 0.814. The van der Waals surface area contributed by atoms with Gasteiger partial charge < -0.3 is 5.32 Å². The van der Waals surface area contributed by atoms with Gasteiger partial charge in [-0.25, -0.2) is 0 Å². The van der Waals surface area contributed by atoms with Crippen LogP contribution in [0.1, 0.15) is 16.7 Å². The number of anilines is 1. The van der Waals surface area contributed by atoms with E-state index < -0.39 is 0 Å². The molecule has 116 valence electrons. The molecule has 1 N–H and O–H groups in total. The van der Waals surface area contributed by atoms with Gasteiger partial charge in [-0.2, -0.15) is 0 Å². The highest BCUT2D eigenvalue weighted by molar-refractivity contribution is 7.80. The monoisotopic (exact) mass is 320 g/mol. The molecule has 0 unspecified atom stereocenters. The molecule has 2 aromatic rings. The lowest BCUT2D eigenvalue weighted by molar-refractivity contribution is 0.929. The second kappa shape index (κ2) is 6.39. The first-order chi connectivity index (χ1) is 11.0. The third kappa shape index (κ3) is 3.35. The van der Waals surface area contributed by atoms with Crippen molar-refractivity contribution in [3.05, 3.63) is 83.1 Å². The van der Waals surface area contributed by atoms with Gasteiger partial charge in [0, 0.05) is 17.9 Å². The van der Waals surface area contributed by atoms with E-state index in [-0.39, 0.29) is 0 Å². The second-order valence-corrected chi connectivity index (χ2v) is 6.25. The fourth-order valence-corrected chi connectivity index (χ4v) is 2.97. The summed E-state index contributed by atoms with van der Waals surface area (Å²) in [4.78, 5) is 2.00. The summed E-state index contributed by atoms with van der Waals surface area (Å²) in [5.74, 6) is 0. The molecule has 0 aromatic heterocycles. The molecule has 0 radical (unpaired) electrons. The van der Waals surface area contributed by atoms with Crippen LogP contribution in [-0.4, -0.2) is 11.7 Å². The van der Waals surface area contributed by atoms with Gasteiger partial charge in [-0.15, -0.1) is 0 Å². The van der Waals surface area contributed by atoms with E-state index >= 15 is 0 Å². The molecule has 0 aliphatic carbocycles. The molecular weight excluding hydrogens is 300 g/mol. The molecule has 1 aliphatic heterocycles. The molecule has 3 rings (SSSR count). The third-order valence-electron chi connectivity index (χ3n) is 3.95. The summed E-state index contributed by atoms with van der Waals surface area (Å²) < 4.78 is 0. The van der Waals surface area contributed by atoms with Crippen LogP contribution in [0, 0.1) is 13.8 Å². The maximum absolute atomic E-state index is 5.48. The average molecular weight is 320 g/mol. The number of nitrogens with one attached hydrogen (secondary N) is 1. The summed E-state index contributed by atoms with van der Waals surface area (Å²) >= 11 is 5.48. The van der Waals surface area contributed by atoms with Crippen molar-refractivity contribution in [3.8, 4) is 0 Å². The maximum atomic E-state index is 5.48. The van der Waals surface area contributed by atoms with Crippen LogP contribution in [0.15, 0.2) is 66.4 Å². The van der Waals surface area contributed by atoms with E-state index in [1.807, 2.05) is 4.90 Å². The highest BCUT2D eigenvalue weighted by Crippen LogP contribution is 2.27. The standard InChI is InChI=1S/C20H20N2S/c1-14-7-9-19(10-8-14)22-16(3)18(13-21-20(22)23)12-17-6-4-5-15(2)11-17/h4-12H,3,13H2,1-2H3,(H,21,23)/b18-12+. The van der Waals surface area contributed by atoms with E-state index in [9.17, 15) is 0 Å². The zero-order chi connectivity index (χ0) is 16.4. The molecule has 0 amide bonds. The molecule has 0 atom stereocenters. The number of nitrogens with zero attached hydrogens (tertiary/aromatic N) is 1. The molecule has 0 bridgehead atoms. The summed E-state index contributed by atoms with van der Waals surface area (Å²) in [7, 11) is 0. The van der Waals surface area contributed by atoms with Crippen LogP contribution in [0.5, 0.6) is 0 Å². The first kappa shape index (κ1) is 15.5. The van der Waals surface area contributed by atoms with Gasteiger partial charge in [-0.1, -0.05) is 54.1 Å². The van der Waals surface area contributed by atoms with E-state index in [0.29, 0.717) is 11.7 Å². The Morgan fingerprint density at radius 2 is 1.83 bits per heavy atom. The molecule has 1 heterocycles. The molecule has 1 fully saturated rings. The SMILES string of the molecule is C=C1/C(=C/c2cccc(C)c2)CNC(=S)N1c1ccc(C)cc1.